The van der Waals surface area contributed by atoms with Gasteiger partial charge in [-0.2, -0.15) is 0 Å². The summed E-state index contributed by atoms with van der Waals surface area (Å²) >= 11 is 6.11. The second kappa shape index (κ2) is 8.32. The number of pyridine rings is 1. The fourth-order valence-electron chi connectivity index (χ4n) is 2.30. The molecule has 2 heterocycles. The lowest BCUT2D eigenvalue weighted by atomic mass is 9.61. The number of rotatable bonds is 8. The molecule has 0 aromatic carbocycles. The number of H-pyrrole nitrogens is 1. The van der Waals surface area contributed by atoms with E-state index in [4.69, 9.17) is 32.4 Å². The largest absolute Gasteiger partial charge is 0.395 e. The first-order chi connectivity index (χ1) is 13.3. The van der Waals surface area contributed by atoms with Crippen molar-refractivity contribution >= 4 is 39.0 Å². The molecule has 2 aromatic rings. The van der Waals surface area contributed by atoms with E-state index in [1.54, 1.807) is 0 Å². The fraction of sp³-hybridized carbons (Fsp3) is 0.333. The van der Waals surface area contributed by atoms with E-state index in [1.807, 2.05) is 5.32 Å². The Labute approximate surface area is 172 Å². The highest BCUT2D eigenvalue weighted by molar-refractivity contribution is 6.33. The van der Waals surface area contributed by atoms with Gasteiger partial charge in [-0.25, -0.2) is 4.98 Å². The molecule has 0 fully saturated rings. The number of halogens is 1. The van der Waals surface area contributed by atoms with Crippen LogP contribution in [0, 0.1) is 0 Å². The van der Waals surface area contributed by atoms with E-state index >= 15 is 0 Å². The van der Waals surface area contributed by atoms with E-state index in [0.717, 1.165) is 6.20 Å². The predicted molar refractivity (Wildman–Crippen MR) is 103 cm³/mol. The number of hydrogen-bond acceptors (Lipinski definition) is 9. The summed E-state index contributed by atoms with van der Waals surface area (Å²) < 4.78 is 0. The first-order valence-corrected chi connectivity index (χ1v) is 8.39. The normalized spacial score (nSPS) is 14.3. The first kappa shape index (κ1) is 23.2. The number of amides is 1. The van der Waals surface area contributed by atoms with Crippen molar-refractivity contribution in [1.82, 2.24) is 15.3 Å². The van der Waals surface area contributed by atoms with Gasteiger partial charge in [0.25, 0.3) is 11.9 Å². The molecule has 0 aliphatic heterocycles. The van der Waals surface area contributed by atoms with Crippen LogP contribution in [-0.2, 0) is 0 Å². The first-order valence-electron chi connectivity index (χ1n) is 8.01. The molecule has 11 nitrogen and oxygen atoms in total. The molecule has 4 radical (unpaired) electrons. The van der Waals surface area contributed by atoms with Crippen molar-refractivity contribution in [2.45, 2.75) is 17.1 Å². The van der Waals surface area contributed by atoms with Gasteiger partial charge in [-0.05, 0) is 12.1 Å². The van der Waals surface area contributed by atoms with Crippen LogP contribution in [0.2, 0.25) is 5.02 Å². The summed E-state index contributed by atoms with van der Waals surface area (Å²) in [5.41, 5.74) is -5.84. The van der Waals surface area contributed by atoms with Crippen molar-refractivity contribution in [2.75, 3.05) is 18.5 Å². The molecule has 0 spiro atoms. The third-order valence-electron chi connectivity index (χ3n) is 3.93. The van der Waals surface area contributed by atoms with Crippen LogP contribution in [0.4, 0.5) is 5.82 Å². The van der Waals surface area contributed by atoms with Crippen molar-refractivity contribution in [2.24, 2.45) is 0 Å². The number of aromatic amines is 1. The maximum atomic E-state index is 11.9. The molecular weight excluding hydrogens is 405 g/mol. The van der Waals surface area contributed by atoms with E-state index in [1.165, 1.54) is 18.3 Å². The lowest BCUT2D eigenvalue weighted by Gasteiger charge is -2.46. The number of nitrogens with zero attached hydrogens (tertiary/aromatic N) is 1. The Kier molecular flexibility index (Phi) is 6.65. The molecule has 1 atom stereocenters. The highest BCUT2D eigenvalue weighted by Gasteiger charge is 2.55. The lowest BCUT2D eigenvalue weighted by molar-refractivity contribution is -0.358. The van der Waals surface area contributed by atoms with Gasteiger partial charge >= 0.3 is 0 Å². The summed E-state index contributed by atoms with van der Waals surface area (Å²) in [5.74, 6) is -4.63. The van der Waals surface area contributed by atoms with Crippen molar-refractivity contribution in [3.8, 4) is 11.1 Å². The van der Waals surface area contributed by atoms with Crippen LogP contribution < -0.4 is 10.6 Å². The molecule has 9 N–H and O–H groups in total. The molecule has 1 amide bonds. The van der Waals surface area contributed by atoms with Gasteiger partial charge in [0.05, 0.1) is 11.6 Å². The molecule has 0 bridgehead atoms. The van der Waals surface area contributed by atoms with Crippen LogP contribution in [0.1, 0.15) is 10.5 Å². The molecule has 2 rings (SSSR count). The summed E-state index contributed by atoms with van der Waals surface area (Å²) in [4.78, 5) is 18.5. The minimum Gasteiger partial charge on any atom is -0.395 e. The lowest BCUT2D eigenvalue weighted by Crippen LogP contribution is -2.73. The van der Waals surface area contributed by atoms with Crippen molar-refractivity contribution in [3.63, 3.8) is 0 Å². The van der Waals surface area contributed by atoms with Crippen LogP contribution in [0.3, 0.4) is 0 Å². The average molecular weight is 422 g/mol. The van der Waals surface area contributed by atoms with Gasteiger partial charge < -0.3 is 46.3 Å². The van der Waals surface area contributed by atoms with Gasteiger partial charge in [-0.3, -0.25) is 4.79 Å². The van der Waals surface area contributed by atoms with Gasteiger partial charge in [-0.1, -0.05) is 11.6 Å². The van der Waals surface area contributed by atoms with Crippen LogP contribution in [0.5, 0.6) is 0 Å². The van der Waals surface area contributed by atoms with Gasteiger partial charge in [0.1, 0.15) is 30.5 Å². The van der Waals surface area contributed by atoms with Crippen molar-refractivity contribution < 1.29 is 35.4 Å². The van der Waals surface area contributed by atoms with Crippen LogP contribution in [-0.4, -0.2) is 92.5 Å². The molecule has 0 aliphatic rings. The Morgan fingerprint density at radius 2 is 1.86 bits per heavy atom. The number of carbonyl (C=O) groups excluding carboxylic acids is 1. The van der Waals surface area contributed by atoms with E-state index in [9.17, 15) is 30.3 Å². The SMILES string of the molecule is [B]C(O)(O)C([B])(Nc1cc(-c2c[nH]c(C(=O)NCCO)c2)c(Cl)cn1)C(O)(O)O. The predicted octanol–water partition coefficient (Wildman–Crippen LogP) is -2.83. The molecule has 0 saturated carbocycles. The average Bonchev–Trinajstić information content (AvgIpc) is 3.09. The maximum Gasteiger partial charge on any atom is 0.295 e. The van der Waals surface area contributed by atoms with Crippen LogP contribution >= 0.6 is 11.6 Å². The number of aliphatic hydroxyl groups excluding tert-OH is 1. The molecule has 14 heteroatoms. The number of anilines is 1. The van der Waals surface area contributed by atoms with E-state index in [2.05, 4.69) is 15.3 Å². The van der Waals surface area contributed by atoms with Crippen LogP contribution in [0.25, 0.3) is 11.1 Å². The fourth-order valence-corrected chi connectivity index (χ4v) is 2.51. The Balaban J connectivity index is 2.38. The van der Waals surface area contributed by atoms with E-state index in [0.29, 0.717) is 5.56 Å². The number of aliphatic hydroxyl groups is 6. The summed E-state index contributed by atoms with van der Waals surface area (Å²) in [6.45, 7) is -0.171. The number of carbonyl (C=O) groups is 1. The number of hydrogen-bond donors (Lipinski definition) is 9. The number of nitrogens with one attached hydrogen (secondary N) is 3. The monoisotopic (exact) mass is 422 g/mol. The van der Waals surface area contributed by atoms with E-state index < -0.39 is 23.0 Å². The highest BCUT2D eigenvalue weighted by atomic mass is 35.5. The second-order valence-electron chi connectivity index (χ2n) is 6.13. The topological polar surface area (TPSA) is 191 Å². The maximum absolute atomic E-state index is 11.9. The third-order valence-corrected chi connectivity index (χ3v) is 4.23. The molecule has 152 valence electrons. The molecule has 2 aromatic heterocycles. The van der Waals surface area contributed by atoms with Gasteiger partial charge in [0.2, 0.25) is 0 Å². The van der Waals surface area contributed by atoms with Crippen molar-refractivity contribution in [3.05, 3.63) is 35.2 Å². The third kappa shape index (κ3) is 4.90. The van der Waals surface area contributed by atoms with Gasteiger partial charge in [0, 0.05) is 30.1 Å². The Morgan fingerprint density at radius 3 is 2.41 bits per heavy atom. The number of aromatic nitrogens is 2. The zero-order chi connectivity index (χ0) is 22.0. The molecule has 0 aliphatic carbocycles. The minimum atomic E-state index is -3.88. The summed E-state index contributed by atoms with van der Waals surface area (Å²) in [7, 11) is 10.5. The molecule has 29 heavy (non-hydrogen) atoms. The summed E-state index contributed by atoms with van der Waals surface area (Å²) in [5, 5.41) is 60.7. The van der Waals surface area contributed by atoms with E-state index in [-0.39, 0.29) is 35.2 Å². The zero-order valence-corrected chi connectivity index (χ0v) is 15.6. The molecular formula is C15H17B2ClN4O7. The highest BCUT2D eigenvalue weighted by Crippen LogP contribution is 2.33. The Hall–Kier alpha value is -2.12. The Bertz CT molecular complexity index is 868. The molecule has 0 saturated heterocycles. The van der Waals surface area contributed by atoms with Crippen LogP contribution in [0.15, 0.2) is 24.5 Å². The zero-order valence-electron chi connectivity index (χ0n) is 14.8. The quantitative estimate of drug-likeness (QED) is 0.159. The van der Waals surface area contributed by atoms with Gasteiger partial charge in [-0.15, -0.1) is 0 Å². The summed E-state index contributed by atoms with van der Waals surface area (Å²) in [6, 6.07) is 2.66. The Morgan fingerprint density at radius 1 is 1.21 bits per heavy atom. The smallest absolute Gasteiger partial charge is 0.295 e. The molecule has 1 unspecified atom stereocenters. The second-order valence-corrected chi connectivity index (χ2v) is 6.53. The van der Waals surface area contributed by atoms with Crippen molar-refractivity contribution in [1.29, 1.82) is 0 Å². The minimum absolute atomic E-state index is 0.0598. The van der Waals surface area contributed by atoms with Gasteiger partial charge in [0.15, 0.2) is 7.85 Å². The standard InChI is InChI=1S/C15H17B2ClN4O7/c16-13(14(17,25)26,15(27,28)29)22-11-4-8(9(18)6-21-11)7-3-10(20-5-7)12(24)19-1-2-23/h3-6,20,23,25-29H,1-2H2,(H,19,24)(H,21,22). The summed E-state index contributed by atoms with van der Waals surface area (Å²) in [6.07, 6.45) is 2.56.